The highest BCUT2D eigenvalue weighted by Crippen LogP contribution is 2.26. The lowest BCUT2D eigenvalue weighted by Gasteiger charge is -2.29. The topological polar surface area (TPSA) is 56.8 Å². The van der Waals surface area contributed by atoms with Crippen molar-refractivity contribution in [2.45, 2.75) is 19.4 Å². The minimum Gasteiger partial charge on any atom is -0.494 e. The van der Waals surface area contributed by atoms with E-state index in [0.717, 1.165) is 11.3 Å². The number of ether oxygens (including phenoxy) is 3. The lowest BCUT2D eigenvalue weighted by atomic mass is 9.95. The molecule has 1 N–H and O–H groups in total. The summed E-state index contributed by atoms with van der Waals surface area (Å²) in [7, 11) is 1.60. The highest BCUT2D eigenvalue weighted by atomic mass is 35.5. The summed E-state index contributed by atoms with van der Waals surface area (Å²) in [4.78, 5) is 12.1. The van der Waals surface area contributed by atoms with Crippen LogP contribution in [0.25, 0.3) is 0 Å². The van der Waals surface area contributed by atoms with Crippen LogP contribution in [0.5, 0.6) is 11.5 Å². The summed E-state index contributed by atoms with van der Waals surface area (Å²) in [6.45, 7) is 4.64. The summed E-state index contributed by atoms with van der Waals surface area (Å²) >= 11 is 6.05. The number of halogens is 1. The summed E-state index contributed by atoms with van der Waals surface area (Å²) in [5.41, 5.74) is 0.208. The molecular formula is C20H24ClNO4. The molecule has 0 spiro atoms. The standard InChI is InChI=1S/C20H24ClNO4/c1-4-25-17-8-10-18(11-9-17)26-13-19(23)22-14-20(2,24-3)15-6-5-7-16(21)12-15/h5-12H,4,13-14H2,1-3H3,(H,22,23). The third kappa shape index (κ3) is 5.64. The van der Waals surface area contributed by atoms with Crippen LogP contribution < -0.4 is 14.8 Å². The average Bonchev–Trinajstić information content (AvgIpc) is 2.66. The molecular weight excluding hydrogens is 354 g/mol. The van der Waals surface area contributed by atoms with Crippen LogP contribution in [-0.2, 0) is 15.1 Å². The van der Waals surface area contributed by atoms with Gasteiger partial charge in [-0.05, 0) is 55.8 Å². The Balaban J connectivity index is 1.86. The molecule has 2 aromatic carbocycles. The van der Waals surface area contributed by atoms with E-state index in [2.05, 4.69) is 5.32 Å². The molecule has 140 valence electrons. The van der Waals surface area contributed by atoms with Gasteiger partial charge in [0.15, 0.2) is 6.61 Å². The molecule has 0 aliphatic heterocycles. The Kier molecular flexibility index (Phi) is 7.30. The average molecular weight is 378 g/mol. The van der Waals surface area contributed by atoms with Gasteiger partial charge in [-0.1, -0.05) is 23.7 Å². The van der Waals surface area contributed by atoms with Crippen LogP contribution in [0.3, 0.4) is 0 Å². The van der Waals surface area contributed by atoms with Crippen molar-refractivity contribution in [2.75, 3.05) is 26.9 Å². The maximum absolute atomic E-state index is 12.1. The summed E-state index contributed by atoms with van der Waals surface area (Å²) in [5.74, 6) is 1.14. The molecule has 2 rings (SSSR count). The van der Waals surface area contributed by atoms with Gasteiger partial charge in [0.05, 0.1) is 13.2 Å². The van der Waals surface area contributed by atoms with Crippen molar-refractivity contribution < 1.29 is 19.0 Å². The second-order valence-corrected chi connectivity index (χ2v) is 6.35. The van der Waals surface area contributed by atoms with Gasteiger partial charge >= 0.3 is 0 Å². The quantitative estimate of drug-likeness (QED) is 0.722. The van der Waals surface area contributed by atoms with E-state index in [1.54, 1.807) is 37.4 Å². The lowest BCUT2D eigenvalue weighted by molar-refractivity contribution is -0.124. The molecule has 1 atom stereocenters. The van der Waals surface area contributed by atoms with E-state index in [9.17, 15) is 4.79 Å². The van der Waals surface area contributed by atoms with Gasteiger partial charge < -0.3 is 19.5 Å². The Labute approximate surface area is 159 Å². The van der Waals surface area contributed by atoms with Gasteiger partial charge in [0.1, 0.15) is 17.1 Å². The Bertz CT molecular complexity index is 720. The molecule has 0 saturated carbocycles. The van der Waals surface area contributed by atoms with Crippen LogP contribution in [0.1, 0.15) is 19.4 Å². The van der Waals surface area contributed by atoms with E-state index >= 15 is 0 Å². The molecule has 1 amide bonds. The third-order valence-corrected chi connectivity index (χ3v) is 4.25. The van der Waals surface area contributed by atoms with Crippen LogP contribution in [0.4, 0.5) is 0 Å². The number of nitrogens with one attached hydrogen (secondary N) is 1. The first-order valence-electron chi connectivity index (χ1n) is 8.40. The molecule has 0 aromatic heterocycles. The Morgan fingerprint density at radius 2 is 1.77 bits per heavy atom. The number of amides is 1. The zero-order valence-electron chi connectivity index (χ0n) is 15.3. The number of rotatable bonds is 9. The fourth-order valence-corrected chi connectivity index (χ4v) is 2.57. The molecule has 0 bridgehead atoms. The van der Waals surface area contributed by atoms with E-state index in [0.29, 0.717) is 23.9 Å². The van der Waals surface area contributed by atoms with Crippen molar-refractivity contribution in [1.29, 1.82) is 0 Å². The second-order valence-electron chi connectivity index (χ2n) is 5.92. The zero-order valence-corrected chi connectivity index (χ0v) is 16.0. The molecule has 0 saturated heterocycles. The summed E-state index contributed by atoms with van der Waals surface area (Å²) in [6.07, 6.45) is 0. The van der Waals surface area contributed by atoms with E-state index in [1.165, 1.54) is 0 Å². The number of methoxy groups -OCH3 is 1. The smallest absolute Gasteiger partial charge is 0.258 e. The molecule has 2 aromatic rings. The fourth-order valence-electron chi connectivity index (χ4n) is 2.38. The molecule has 0 aliphatic rings. The predicted molar refractivity (Wildman–Crippen MR) is 102 cm³/mol. The Morgan fingerprint density at radius 1 is 1.12 bits per heavy atom. The third-order valence-electron chi connectivity index (χ3n) is 4.01. The van der Waals surface area contributed by atoms with E-state index < -0.39 is 5.60 Å². The van der Waals surface area contributed by atoms with Crippen LogP contribution in [0.2, 0.25) is 5.02 Å². The molecule has 0 radical (unpaired) electrons. The van der Waals surface area contributed by atoms with Gasteiger partial charge in [-0.25, -0.2) is 0 Å². The normalized spacial score (nSPS) is 12.9. The first-order chi connectivity index (χ1) is 12.5. The van der Waals surface area contributed by atoms with Crippen molar-refractivity contribution >= 4 is 17.5 Å². The minimum absolute atomic E-state index is 0.0800. The van der Waals surface area contributed by atoms with Crippen LogP contribution in [0, 0.1) is 0 Å². The van der Waals surface area contributed by atoms with Crippen molar-refractivity contribution in [3.8, 4) is 11.5 Å². The first kappa shape index (κ1) is 20.1. The summed E-state index contributed by atoms with van der Waals surface area (Å²) in [5, 5.41) is 3.46. The predicted octanol–water partition coefficient (Wildman–Crippen LogP) is 3.80. The number of hydrogen-bond acceptors (Lipinski definition) is 4. The van der Waals surface area contributed by atoms with E-state index in [1.807, 2.05) is 32.0 Å². The number of benzene rings is 2. The van der Waals surface area contributed by atoms with Gasteiger partial charge in [-0.15, -0.1) is 0 Å². The largest absolute Gasteiger partial charge is 0.494 e. The SMILES string of the molecule is CCOc1ccc(OCC(=O)NCC(C)(OC)c2cccc(Cl)c2)cc1. The van der Waals surface area contributed by atoms with Crippen LogP contribution in [-0.4, -0.2) is 32.8 Å². The lowest BCUT2D eigenvalue weighted by Crippen LogP contribution is -2.41. The van der Waals surface area contributed by atoms with Crippen molar-refractivity contribution in [3.63, 3.8) is 0 Å². The summed E-state index contributed by atoms with van der Waals surface area (Å²) in [6, 6.07) is 14.5. The van der Waals surface area contributed by atoms with Gasteiger partial charge in [0, 0.05) is 12.1 Å². The maximum Gasteiger partial charge on any atom is 0.258 e. The molecule has 26 heavy (non-hydrogen) atoms. The summed E-state index contributed by atoms with van der Waals surface area (Å²) < 4.78 is 16.5. The van der Waals surface area contributed by atoms with Gasteiger partial charge in [-0.3, -0.25) is 4.79 Å². The zero-order chi connectivity index (χ0) is 19.0. The highest BCUT2D eigenvalue weighted by molar-refractivity contribution is 6.30. The first-order valence-corrected chi connectivity index (χ1v) is 8.78. The Hall–Kier alpha value is -2.24. The van der Waals surface area contributed by atoms with Crippen molar-refractivity contribution in [2.24, 2.45) is 0 Å². The van der Waals surface area contributed by atoms with Crippen molar-refractivity contribution in [1.82, 2.24) is 5.32 Å². The molecule has 0 fully saturated rings. The molecule has 0 heterocycles. The van der Waals surface area contributed by atoms with E-state index in [-0.39, 0.29) is 12.5 Å². The van der Waals surface area contributed by atoms with Gasteiger partial charge in [-0.2, -0.15) is 0 Å². The number of carbonyl (C=O) groups excluding carboxylic acids is 1. The maximum atomic E-state index is 12.1. The molecule has 5 nitrogen and oxygen atoms in total. The van der Waals surface area contributed by atoms with E-state index in [4.69, 9.17) is 25.8 Å². The molecule has 0 aliphatic carbocycles. The second kappa shape index (κ2) is 9.46. The number of carbonyl (C=O) groups is 1. The van der Waals surface area contributed by atoms with Gasteiger partial charge in [0.2, 0.25) is 0 Å². The monoisotopic (exact) mass is 377 g/mol. The Morgan fingerprint density at radius 3 is 2.35 bits per heavy atom. The molecule has 6 heteroatoms. The van der Waals surface area contributed by atoms with Crippen LogP contribution in [0.15, 0.2) is 48.5 Å². The molecule has 1 unspecified atom stereocenters. The van der Waals surface area contributed by atoms with Gasteiger partial charge in [0.25, 0.3) is 5.91 Å². The van der Waals surface area contributed by atoms with Crippen LogP contribution >= 0.6 is 11.6 Å². The number of hydrogen-bond donors (Lipinski definition) is 1. The fraction of sp³-hybridized carbons (Fsp3) is 0.350. The highest BCUT2D eigenvalue weighted by Gasteiger charge is 2.27. The minimum atomic E-state index is -0.681. The van der Waals surface area contributed by atoms with Crippen molar-refractivity contribution in [3.05, 3.63) is 59.1 Å².